The van der Waals surface area contributed by atoms with Gasteiger partial charge < -0.3 is 14.8 Å². The minimum Gasteiger partial charge on any atom is -0.497 e. The third kappa shape index (κ3) is 6.00. The number of unbranched alkanes of at least 4 members (excludes halogenated alkanes) is 1. The van der Waals surface area contributed by atoms with Crippen molar-refractivity contribution in [3.63, 3.8) is 0 Å². The first-order valence-corrected chi connectivity index (χ1v) is 9.42. The molecule has 0 radical (unpaired) electrons. The number of carbonyl (C=O) groups is 1. The van der Waals surface area contributed by atoms with E-state index in [1.165, 1.54) is 0 Å². The van der Waals surface area contributed by atoms with Gasteiger partial charge in [-0.15, -0.1) is 0 Å². The van der Waals surface area contributed by atoms with Crippen LogP contribution < -0.4 is 20.1 Å². The van der Waals surface area contributed by atoms with Crippen LogP contribution in [0.25, 0.3) is 0 Å². The van der Waals surface area contributed by atoms with Gasteiger partial charge in [0.2, 0.25) is 0 Å². The highest BCUT2D eigenvalue weighted by atomic mass is 79.9. The Balaban J connectivity index is 2.03. The first-order valence-electron chi connectivity index (χ1n) is 8.22. The Labute approximate surface area is 167 Å². The van der Waals surface area contributed by atoms with Crippen LogP contribution in [0, 0.1) is 0 Å². The maximum atomic E-state index is 12.6. The number of halogens is 1. The third-order valence-electron chi connectivity index (χ3n) is 3.52. The molecule has 0 atom stereocenters. The van der Waals surface area contributed by atoms with Crippen LogP contribution in [0.4, 0.5) is 5.69 Å². The van der Waals surface area contributed by atoms with E-state index in [0.29, 0.717) is 17.9 Å². The molecule has 0 spiro atoms. The maximum Gasteiger partial charge on any atom is 0.261 e. The van der Waals surface area contributed by atoms with Gasteiger partial charge in [0, 0.05) is 10.2 Å². The van der Waals surface area contributed by atoms with Crippen molar-refractivity contribution in [2.75, 3.05) is 19.0 Å². The molecule has 138 valence electrons. The molecule has 0 aliphatic heterocycles. The predicted octanol–water partition coefficient (Wildman–Crippen LogP) is 4.76. The highest BCUT2D eigenvalue weighted by Crippen LogP contribution is 2.23. The Morgan fingerprint density at radius 1 is 1.19 bits per heavy atom. The quantitative estimate of drug-likeness (QED) is 0.483. The van der Waals surface area contributed by atoms with Crippen molar-refractivity contribution in [3.05, 3.63) is 52.5 Å². The molecule has 5 nitrogen and oxygen atoms in total. The first-order chi connectivity index (χ1) is 12.5. The van der Waals surface area contributed by atoms with Gasteiger partial charge in [0.15, 0.2) is 5.11 Å². The minimum atomic E-state index is -0.330. The fourth-order valence-corrected chi connectivity index (χ4v) is 2.71. The standard InChI is InChI=1S/C19H21BrN2O3S/c1-3-4-11-25-17-10-5-13(20)12-16(17)18(23)22-19(26)21-14-6-8-15(24-2)9-7-14/h5-10,12H,3-4,11H2,1-2H3,(H2,21,22,23,26). The zero-order valence-corrected chi connectivity index (χ0v) is 17.1. The summed E-state index contributed by atoms with van der Waals surface area (Å²) in [6, 6.07) is 12.6. The topological polar surface area (TPSA) is 59.6 Å². The number of carbonyl (C=O) groups excluding carboxylic acids is 1. The normalized spacial score (nSPS) is 10.1. The number of hydrogen-bond acceptors (Lipinski definition) is 4. The lowest BCUT2D eigenvalue weighted by Crippen LogP contribution is -2.34. The number of nitrogens with one attached hydrogen (secondary N) is 2. The van der Waals surface area contributed by atoms with Crippen molar-refractivity contribution >= 4 is 44.9 Å². The Hall–Kier alpha value is -2.12. The van der Waals surface area contributed by atoms with Gasteiger partial charge in [-0.1, -0.05) is 29.3 Å². The van der Waals surface area contributed by atoms with Crippen molar-refractivity contribution in [3.8, 4) is 11.5 Å². The van der Waals surface area contributed by atoms with E-state index in [1.54, 1.807) is 31.4 Å². The van der Waals surface area contributed by atoms with Gasteiger partial charge in [0.1, 0.15) is 11.5 Å². The fourth-order valence-electron chi connectivity index (χ4n) is 2.14. The Morgan fingerprint density at radius 2 is 1.92 bits per heavy atom. The molecule has 2 rings (SSSR count). The van der Waals surface area contributed by atoms with Crippen molar-refractivity contribution in [2.45, 2.75) is 19.8 Å². The maximum absolute atomic E-state index is 12.6. The van der Waals surface area contributed by atoms with Crippen molar-refractivity contribution in [1.29, 1.82) is 0 Å². The minimum absolute atomic E-state index is 0.208. The van der Waals surface area contributed by atoms with Gasteiger partial charge >= 0.3 is 0 Å². The van der Waals surface area contributed by atoms with E-state index in [2.05, 4.69) is 33.5 Å². The molecule has 0 fully saturated rings. The largest absolute Gasteiger partial charge is 0.497 e. The molecule has 0 bridgehead atoms. The summed E-state index contributed by atoms with van der Waals surface area (Å²) in [5.41, 5.74) is 1.18. The number of benzene rings is 2. The highest BCUT2D eigenvalue weighted by Gasteiger charge is 2.15. The van der Waals surface area contributed by atoms with E-state index in [4.69, 9.17) is 21.7 Å². The zero-order valence-electron chi connectivity index (χ0n) is 14.7. The highest BCUT2D eigenvalue weighted by molar-refractivity contribution is 9.10. The summed E-state index contributed by atoms with van der Waals surface area (Å²) >= 11 is 8.61. The molecule has 1 amide bonds. The summed E-state index contributed by atoms with van der Waals surface area (Å²) in [5.74, 6) is 0.948. The van der Waals surface area contributed by atoms with E-state index in [1.807, 2.05) is 18.2 Å². The summed E-state index contributed by atoms with van der Waals surface area (Å²) < 4.78 is 11.6. The van der Waals surface area contributed by atoms with E-state index in [0.717, 1.165) is 28.8 Å². The zero-order chi connectivity index (χ0) is 18.9. The average Bonchev–Trinajstić information content (AvgIpc) is 2.63. The number of anilines is 1. The third-order valence-corrected chi connectivity index (χ3v) is 4.21. The lowest BCUT2D eigenvalue weighted by molar-refractivity contribution is 0.0973. The van der Waals surface area contributed by atoms with E-state index in [9.17, 15) is 4.79 Å². The van der Waals surface area contributed by atoms with Crippen LogP contribution in [0.3, 0.4) is 0 Å². The second kappa shape index (κ2) is 10.1. The van der Waals surface area contributed by atoms with E-state index in [-0.39, 0.29) is 11.0 Å². The lowest BCUT2D eigenvalue weighted by Gasteiger charge is -2.13. The fraction of sp³-hybridized carbons (Fsp3) is 0.263. The molecule has 0 saturated heterocycles. The van der Waals surface area contributed by atoms with Crippen molar-refractivity contribution < 1.29 is 14.3 Å². The van der Waals surface area contributed by atoms with Crippen LogP contribution in [-0.2, 0) is 0 Å². The van der Waals surface area contributed by atoms with Crippen LogP contribution in [0.1, 0.15) is 30.1 Å². The average molecular weight is 437 g/mol. The second-order valence-electron chi connectivity index (χ2n) is 5.48. The van der Waals surface area contributed by atoms with Gasteiger partial charge in [0.05, 0.1) is 19.3 Å². The second-order valence-corrected chi connectivity index (χ2v) is 6.80. The number of ether oxygens (including phenoxy) is 2. The molecular weight excluding hydrogens is 416 g/mol. The first kappa shape index (κ1) is 20.2. The molecule has 0 aliphatic carbocycles. The van der Waals surface area contributed by atoms with Crippen molar-refractivity contribution in [1.82, 2.24) is 5.32 Å². The summed E-state index contributed by atoms with van der Waals surface area (Å²) in [6.07, 6.45) is 1.95. The number of thiocarbonyl (C=S) groups is 1. The molecule has 26 heavy (non-hydrogen) atoms. The number of hydrogen-bond donors (Lipinski definition) is 2. The van der Waals surface area contributed by atoms with E-state index >= 15 is 0 Å². The molecule has 0 heterocycles. The Morgan fingerprint density at radius 3 is 2.58 bits per heavy atom. The lowest BCUT2D eigenvalue weighted by atomic mass is 10.2. The molecular formula is C19H21BrN2O3S. The molecule has 7 heteroatoms. The van der Waals surface area contributed by atoms with Gasteiger partial charge in [-0.05, 0) is 61.1 Å². The molecule has 0 aromatic heterocycles. The van der Waals surface area contributed by atoms with Gasteiger partial charge in [-0.25, -0.2) is 0 Å². The van der Waals surface area contributed by atoms with Crippen LogP contribution in [0.2, 0.25) is 0 Å². The van der Waals surface area contributed by atoms with Gasteiger partial charge in [-0.2, -0.15) is 0 Å². The molecule has 0 aliphatic rings. The Bertz CT molecular complexity index is 766. The molecule has 0 saturated carbocycles. The molecule has 2 N–H and O–H groups in total. The van der Waals surface area contributed by atoms with Gasteiger partial charge in [-0.3, -0.25) is 10.1 Å². The number of rotatable bonds is 7. The summed E-state index contributed by atoms with van der Waals surface area (Å²) in [5, 5.41) is 5.86. The number of methoxy groups -OCH3 is 1. The SMILES string of the molecule is CCCCOc1ccc(Br)cc1C(=O)NC(=S)Nc1ccc(OC)cc1. The number of amides is 1. The summed E-state index contributed by atoms with van der Waals surface area (Å²) in [6.45, 7) is 2.65. The smallest absolute Gasteiger partial charge is 0.261 e. The van der Waals surface area contributed by atoms with E-state index < -0.39 is 0 Å². The van der Waals surface area contributed by atoms with Crippen LogP contribution in [0.15, 0.2) is 46.9 Å². The predicted molar refractivity (Wildman–Crippen MR) is 111 cm³/mol. The van der Waals surface area contributed by atoms with Crippen LogP contribution in [-0.4, -0.2) is 24.7 Å². The monoisotopic (exact) mass is 436 g/mol. The van der Waals surface area contributed by atoms with Crippen molar-refractivity contribution in [2.24, 2.45) is 0 Å². The molecule has 2 aromatic carbocycles. The summed E-state index contributed by atoms with van der Waals surface area (Å²) in [7, 11) is 1.60. The molecule has 2 aromatic rings. The van der Waals surface area contributed by atoms with Crippen LogP contribution in [0.5, 0.6) is 11.5 Å². The van der Waals surface area contributed by atoms with Crippen LogP contribution >= 0.6 is 28.1 Å². The summed E-state index contributed by atoms with van der Waals surface area (Å²) in [4.78, 5) is 12.6. The molecule has 0 unspecified atom stereocenters. The Kier molecular flexibility index (Phi) is 7.87. The van der Waals surface area contributed by atoms with Gasteiger partial charge in [0.25, 0.3) is 5.91 Å².